The molecule has 0 heterocycles. The minimum Gasteiger partial charge on any atom is -0.226 e. The van der Waals surface area contributed by atoms with Crippen LogP contribution < -0.4 is 0 Å². The van der Waals surface area contributed by atoms with Crippen molar-refractivity contribution >= 4 is 36.6 Å². The molecule has 0 aromatic rings. The smallest absolute Gasteiger partial charge is 0.211 e. The molecule has 0 aliphatic heterocycles. The lowest BCUT2D eigenvalue weighted by Gasteiger charge is -1.93. The molecule has 0 amide bonds. The lowest BCUT2D eigenvalue weighted by atomic mass is 9.84. The largest absolute Gasteiger partial charge is 0.226 e. The van der Waals surface area contributed by atoms with Gasteiger partial charge in [0.25, 0.3) is 0 Å². The van der Waals surface area contributed by atoms with Gasteiger partial charge in [0.1, 0.15) is 0 Å². The summed E-state index contributed by atoms with van der Waals surface area (Å²) in [6, 6.07) is 0. The maximum absolute atomic E-state index is 4.21. The van der Waals surface area contributed by atoms with Crippen molar-refractivity contribution in [3.05, 3.63) is 0 Å². The van der Waals surface area contributed by atoms with Crippen molar-refractivity contribution < 1.29 is 0 Å². The quantitative estimate of drug-likeness (QED) is 0.444. The second-order valence-electron chi connectivity index (χ2n) is 1.51. The molecule has 0 atom stereocenters. The second-order valence-corrected chi connectivity index (χ2v) is 3.71. The molecule has 0 aromatic carbocycles. The van der Waals surface area contributed by atoms with Gasteiger partial charge in [0.2, 0.25) is 5.99 Å². The zero-order valence-electron chi connectivity index (χ0n) is 4.85. The zero-order valence-corrected chi connectivity index (χ0v) is 6.56. The first kappa shape index (κ1) is 7.83. The summed E-state index contributed by atoms with van der Waals surface area (Å²) in [4.78, 5) is 0. The van der Waals surface area contributed by atoms with Gasteiger partial charge in [-0.15, -0.1) is 0 Å². The first-order valence-corrected chi connectivity index (χ1v) is 4.20. The predicted octanol–water partition coefficient (Wildman–Crippen LogP) is 1.21. The normalized spacial score (nSPS) is 8.43. The molecule has 0 N–H and O–H groups in total. The molecular formula is C3H10B2S2. The Morgan fingerprint density at radius 2 is 2.43 bits per heavy atom. The van der Waals surface area contributed by atoms with E-state index in [-0.39, 0.29) is 0 Å². The highest BCUT2D eigenvalue weighted by atomic mass is 32.2. The topological polar surface area (TPSA) is 0 Å². The van der Waals surface area contributed by atoms with Crippen LogP contribution in [0.5, 0.6) is 0 Å². The number of rotatable bonds is 3. The second kappa shape index (κ2) is 4.98. The summed E-state index contributed by atoms with van der Waals surface area (Å²) < 4.78 is 0. The molecular weight excluding hydrogens is 122 g/mol. The third-order valence-corrected chi connectivity index (χ3v) is 2.14. The van der Waals surface area contributed by atoms with Gasteiger partial charge < -0.3 is 0 Å². The fourth-order valence-corrected chi connectivity index (χ4v) is 1.18. The van der Waals surface area contributed by atoms with Crippen LogP contribution in [0.3, 0.4) is 0 Å². The van der Waals surface area contributed by atoms with Crippen molar-refractivity contribution in [1.29, 1.82) is 0 Å². The van der Waals surface area contributed by atoms with E-state index in [1.165, 1.54) is 12.2 Å². The number of hydrogen-bond acceptors (Lipinski definition) is 2. The Morgan fingerprint density at radius 1 is 1.86 bits per heavy atom. The summed E-state index contributed by atoms with van der Waals surface area (Å²) in [5, 5.41) is 0. The van der Waals surface area contributed by atoms with Gasteiger partial charge in [-0.1, -0.05) is 13.6 Å². The van der Waals surface area contributed by atoms with E-state index < -0.39 is 0 Å². The van der Waals surface area contributed by atoms with Crippen molar-refractivity contribution in [2.45, 2.75) is 13.6 Å². The van der Waals surface area contributed by atoms with Crippen LogP contribution in [0.25, 0.3) is 0 Å². The maximum atomic E-state index is 4.21. The number of hydrogen-bond donors (Lipinski definition) is 1. The minimum atomic E-state index is 0.560. The highest BCUT2D eigenvalue weighted by Gasteiger charge is 1.96. The van der Waals surface area contributed by atoms with Crippen LogP contribution in [0.2, 0.25) is 13.6 Å². The summed E-state index contributed by atoms with van der Waals surface area (Å²) >= 11 is 6.15. The van der Waals surface area contributed by atoms with Crippen LogP contribution in [0.1, 0.15) is 0 Å². The SMILES string of the molecule is CBSCB(C)S. The van der Waals surface area contributed by atoms with Gasteiger partial charge in [-0.25, -0.2) is 24.1 Å². The molecule has 0 bridgehead atoms. The predicted molar refractivity (Wildman–Crippen MR) is 46.1 cm³/mol. The average molecular weight is 132 g/mol. The Kier molecular flexibility index (Phi) is 5.57. The Bertz CT molecular complexity index is 39.9. The van der Waals surface area contributed by atoms with E-state index in [2.05, 4.69) is 26.1 Å². The van der Waals surface area contributed by atoms with Gasteiger partial charge in [-0.3, -0.25) is 0 Å². The zero-order chi connectivity index (χ0) is 5.70. The van der Waals surface area contributed by atoms with Crippen LogP contribution in [0.15, 0.2) is 0 Å². The summed E-state index contributed by atoms with van der Waals surface area (Å²) in [6.45, 7) is 5.50. The van der Waals surface area contributed by atoms with E-state index in [1.54, 1.807) is 0 Å². The minimum absolute atomic E-state index is 0.560. The molecule has 0 saturated carbocycles. The molecule has 0 fully saturated rings. The molecule has 0 saturated heterocycles. The van der Waals surface area contributed by atoms with Crippen LogP contribution in [0, 0.1) is 0 Å². The van der Waals surface area contributed by atoms with Gasteiger partial charge >= 0.3 is 0 Å². The van der Waals surface area contributed by atoms with Crippen molar-refractivity contribution in [1.82, 2.24) is 0 Å². The third-order valence-electron chi connectivity index (χ3n) is 0.563. The monoisotopic (exact) mass is 132 g/mol. The Labute approximate surface area is 56.4 Å². The van der Waals surface area contributed by atoms with E-state index in [9.17, 15) is 0 Å². The standard InChI is InChI=1S/C3H10B2S2/c1-4-7-3-5(2)6/h4,6H,3H2,1-2H3. The van der Waals surface area contributed by atoms with E-state index in [1.807, 2.05) is 11.6 Å². The first-order chi connectivity index (χ1) is 3.27. The Hall–Kier alpha value is 0.830. The third kappa shape index (κ3) is 6.83. The van der Waals surface area contributed by atoms with Crippen molar-refractivity contribution in [3.8, 4) is 0 Å². The van der Waals surface area contributed by atoms with Crippen molar-refractivity contribution in [2.75, 3.05) is 5.65 Å². The lowest BCUT2D eigenvalue weighted by Crippen LogP contribution is -2.01. The van der Waals surface area contributed by atoms with E-state index in [4.69, 9.17) is 0 Å². The molecule has 0 rings (SSSR count). The van der Waals surface area contributed by atoms with Gasteiger partial charge in [-0.2, -0.15) is 0 Å². The number of thiol groups is 1. The summed E-state index contributed by atoms with van der Waals surface area (Å²) in [7, 11) is 0. The van der Waals surface area contributed by atoms with E-state index in [0.717, 1.165) is 0 Å². The molecule has 0 nitrogen and oxygen atoms in total. The fourth-order valence-electron chi connectivity index (χ4n) is 0.288. The molecule has 4 heteroatoms. The fraction of sp³-hybridized carbons (Fsp3) is 1.00. The van der Waals surface area contributed by atoms with Crippen molar-refractivity contribution in [3.63, 3.8) is 0 Å². The van der Waals surface area contributed by atoms with Gasteiger partial charge in [0.15, 0.2) is 6.56 Å². The van der Waals surface area contributed by atoms with Crippen LogP contribution in [-0.4, -0.2) is 18.2 Å². The van der Waals surface area contributed by atoms with Gasteiger partial charge in [0.05, 0.1) is 0 Å². The molecule has 0 aliphatic rings. The molecule has 0 unspecified atom stereocenters. The molecule has 0 radical (unpaired) electrons. The average Bonchev–Trinajstić information content (AvgIpc) is 1.61. The molecule has 0 spiro atoms. The highest BCUT2D eigenvalue weighted by Crippen LogP contribution is 2.00. The molecule has 7 heavy (non-hydrogen) atoms. The van der Waals surface area contributed by atoms with Crippen LogP contribution in [0.4, 0.5) is 0 Å². The van der Waals surface area contributed by atoms with Crippen LogP contribution in [-0.2, 0) is 0 Å². The van der Waals surface area contributed by atoms with E-state index in [0.29, 0.717) is 5.99 Å². The summed E-state index contributed by atoms with van der Waals surface area (Å²) in [6.07, 6.45) is 0. The summed E-state index contributed by atoms with van der Waals surface area (Å²) in [5.41, 5.74) is 1.18. The Balaban J connectivity index is 2.68. The molecule has 0 aromatic heterocycles. The van der Waals surface area contributed by atoms with Crippen molar-refractivity contribution in [2.24, 2.45) is 0 Å². The molecule has 40 valence electrons. The first-order valence-electron chi connectivity index (χ1n) is 2.53. The lowest BCUT2D eigenvalue weighted by molar-refractivity contribution is 2.05. The highest BCUT2D eigenvalue weighted by molar-refractivity contribution is 8.26. The van der Waals surface area contributed by atoms with Gasteiger partial charge in [0, 0.05) is 0 Å². The summed E-state index contributed by atoms with van der Waals surface area (Å²) in [5.74, 6) is 0.560. The van der Waals surface area contributed by atoms with Gasteiger partial charge in [-0.05, 0) is 5.65 Å². The maximum Gasteiger partial charge on any atom is 0.211 e. The molecule has 0 aliphatic carbocycles. The Morgan fingerprint density at radius 3 is 2.57 bits per heavy atom. The van der Waals surface area contributed by atoms with E-state index >= 15 is 0 Å². The van der Waals surface area contributed by atoms with Crippen LogP contribution >= 0.6 is 24.1 Å².